The summed E-state index contributed by atoms with van der Waals surface area (Å²) < 4.78 is 4.98. The van der Waals surface area contributed by atoms with E-state index in [-0.39, 0.29) is 28.9 Å². The van der Waals surface area contributed by atoms with Crippen molar-refractivity contribution in [1.29, 1.82) is 0 Å². The van der Waals surface area contributed by atoms with Crippen LogP contribution in [0.15, 0.2) is 6.07 Å². The smallest absolute Gasteiger partial charge is 0.293 e. The lowest BCUT2D eigenvalue weighted by Crippen LogP contribution is -2.47. The highest BCUT2D eigenvalue weighted by Crippen LogP contribution is 2.37. The molecule has 2 fully saturated rings. The van der Waals surface area contributed by atoms with Crippen molar-refractivity contribution >= 4 is 23.7 Å². The molecule has 2 saturated carbocycles. The number of nitrogens with one attached hydrogen (secondary N) is 1. The Morgan fingerprint density at radius 3 is 2.36 bits per heavy atom. The number of aromatic nitrogens is 3. The van der Waals surface area contributed by atoms with Gasteiger partial charge in [0.1, 0.15) is 11.9 Å². The van der Waals surface area contributed by atoms with Crippen LogP contribution in [0, 0.1) is 5.92 Å². The van der Waals surface area contributed by atoms with Crippen LogP contribution in [-0.2, 0) is 26.8 Å². The summed E-state index contributed by atoms with van der Waals surface area (Å²) >= 11 is 1.43. The van der Waals surface area contributed by atoms with Gasteiger partial charge in [-0.25, -0.2) is 15.0 Å². The minimum absolute atomic E-state index is 0.00984. The molecular weight excluding hydrogens is 472 g/mol. The number of thiazole rings is 1. The fraction of sp³-hybridized carbons (Fsp3) is 0.679. The number of ether oxygens (including phenoxy) is 1. The van der Waals surface area contributed by atoms with Gasteiger partial charge in [-0.1, -0.05) is 73.6 Å². The Morgan fingerprint density at radius 2 is 1.75 bits per heavy atom. The van der Waals surface area contributed by atoms with Crippen LogP contribution in [0.4, 0.5) is 0 Å². The van der Waals surface area contributed by atoms with E-state index in [2.05, 4.69) is 52.9 Å². The zero-order valence-corrected chi connectivity index (χ0v) is 23.3. The summed E-state index contributed by atoms with van der Waals surface area (Å²) in [5, 5.41) is 3.54. The number of carbonyl (C=O) groups excluding carboxylic acids is 2. The lowest BCUT2D eigenvalue weighted by molar-refractivity contribution is -0.138. The highest BCUT2D eigenvalue weighted by atomic mass is 32.1. The van der Waals surface area contributed by atoms with Crippen molar-refractivity contribution in [3.8, 4) is 10.6 Å². The fourth-order valence-corrected chi connectivity index (χ4v) is 5.81. The number of hydrogen-bond acceptors (Lipinski definition) is 7. The van der Waals surface area contributed by atoms with E-state index in [4.69, 9.17) is 19.7 Å². The Kier molecular flexibility index (Phi) is 7.83. The van der Waals surface area contributed by atoms with Crippen molar-refractivity contribution in [3.63, 3.8) is 0 Å². The second-order valence-electron chi connectivity index (χ2n) is 12.5. The Labute approximate surface area is 218 Å². The van der Waals surface area contributed by atoms with Gasteiger partial charge in [0.25, 0.3) is 12.4 Å². The third-order valence-electron chi connectivity index (χ3n) is 7.17. The minimum Gasteiger partial charge on any atom is -0.464 e. The van der Waals surface area contributed by atoms with Crippen molar-refractivity contribution in [2.45, 2.75) is 116 Å². The predicted octanol–water partition coefficient (Wildman–Crippen LogP) is 5.75. The molecule has 36 heavy (non-hydrogen) atoms. The third kappa shape index (κ3) is 6.31. The van der Waals surface area contributed by atoms with E-state index in [0.717, 1.165) is 34.2 Å². The van der Waals surface area contributed by atoms with Gasteiger partial charge in [0.2, 0.25) is 0 Å². The molecule has 0 bridgehead atoms. The molecule has 8 heteroatoms. The largest absolute Gasteiger partial charge is 0.464 e. The Balaban J connectivity index is 1.68. The zero-order chi connectivity index (χ0) is 26.1. The van der Waals surface area contributed by atoms with Crippen LogP contribution in [0.3, 0.4) is 0 Å². The van der Waals surface area contributed by atoms with Crippen LogP contribution >= 0.6 is 11.3 Å². The summed E-state index contributed by atoms with van der Waals surface area (Å²) in [6, 6.07) is 2.10. The standard InChI is InChI=1S/C28H40N4O3S/c1-27(2,3)22-15-21(31-26(32-22)28(4,5)6)23-20(12-17-10-8-7-9-11-17)30-25(36-23)24(34)29-18-13-19(14-18)35-16-33/h15-19H,7-14H2,1-6H3,(H,29,34). The molecule has 2 heterocycles. The van der Waals surface area contributed by atoms with E-state index in [1.165, 1.54) is 43.4 Å². The van der Waals surface area contributed by atoms with Gasteiger partial charge in [-0.2, -0.15) is 0 Å². The maximum absolute atomic E-state index is 13.1. The van der Waals surface area contributed by atoms with Crippen LogP contribution in [0.25, 0.3) is 10.6 Å². The van der Waals surface area contributed by atoms with Gasteiger partial charge in [0, 0.05) is 29.7 Å². The van der Waals surface area contributed by atoms with E-state index in [9.17, 15) is 9.59 Å². The average Bonchev–Trinajstić information content (AvgIpc) is 3.21. The molecule has 0 aromatic carbocycles. The molecule has 7 nitrogen and oxygen atoms in total. The summed E-state index contributed by atoms with van der Waals surface area (Å²) in [6.45, 7) is 13.4. The van der Waals surface area contributed by atoms with E-state index in [1.54, 1.807) is 0 Å². The van der Waals surface area contributed by atoms with Crippen molar-refractivity contribution < 1.29 is 14.3 Å². The Bertz CT molecular complexity index is 1050. The molecular formula is C28H40N4O3S. The Hall–Kier alpha value is -2.35. The maximum atomic E-state index is 13.1. The molecule has 1 N–H and O–H groups in total. The summed E-state index contributed by atoms with van der Waals surface area (Å²) in [4.78, 5) is 39.5. The number of rotatable bonds is 7. The van der Waals surface area contributed by atoms with Crippen molar-refractivity contribution in [1.82, 2.24) is 20.3 Å². The molecule has 2 aliphatic rings. The van der Waals surface area contributed by atoms with Crippen molar-refractivity contribution in [3.05, 3.63) is 28.3 Å². The van der Waals surface area contributed by atoms with E-state index in [0.29, 0.717) is 30.2 Å². The number of carbonyl (C=O) groups is 2. The monoisotopic (exact) mass is 512 g/mol. The molecule has 196 valence electrons. The van der Waals surface area contributed by atoms with E-state index >= 15 is 0 Å². The van der Waals surface area contributed by atoms with Crippen LogP contribution < -0.4 is 5.32 Å². The van der Waals surface area contributed by atoms with Gasteiger partial charge in [0.05, 0.1) is 22.0 Å². The second kappa shape index (κ2) is 10.6. The first-order valence-corrected chi connectivity index (χ1v) is 14.1. The average molecular weight is 513 g/mol. The van der Waals surface area contributed by atoms with Crippen LogP contribution in [0.2, 0.25) is 0 Å². The normalized spacial score (nSPS) is 21.1. The fourth-order valence-electron chi connectivity index (χ4n) is 4.86. The SMILES string of the molecule is CC(C)(C)c1cc(-c2sc(C(=O)NC3CC(OC=O)C3)nc2CC2CCCCC2)nc(C(C)(C)C)n1. The third-order valence-corrected chi connectivity index (χ3v) is 8.29. The topological polar surface area (TPSA) is 94.1 Å². The molecule has 2 aliphatic carbocycles. The highest BCUT2D eigenvalue weighted by Gasteiger charge is 2.33. The molecule has 0 atom stereocenters. The molecule has 0 radical (unpaired) electrons. The number of nitrogens with zero attached hydrogens (tertiary/aromatic N) is 3. The second-order valence-corrected chi connectivity index (χ2v) is 13.5. The summed E-state index contributed by atoms with van der Waals surface area (Å²) in [7, 11) is 0. The molecule has 1 amide bonds. The quantitative estimate of drug-likeness (QED) is 0.475. The molecule has 0 aliphatic heterocycles. The molecule has 4 rings (SSSR count). The van der Waals surface area contributed by atoms with E-state index < -0.39 is 0 Å². The van der Waals surface area contributed by atoms with Crippen LogP contribution in [0.5, 0.6) is 0 Å². The van der Waals surface area contributed by atoms with Gasteiger partial charge in [-0.15, -0.1) is 11.3 Å². The van der Waals surface area contributed by atoms with Crippen LogP contribution in [0.1, 0.15) is 114 Å². The van der Waals surface area contributed by atoms with Crippen LogP contribution in [-0.4, -0.2) is 39.5 Å². The summed E-state index contributed by atoms with van der Waals surface area (Å²) in [5.41, 5.74) is 2.51. The first-order chi connectivity index (χ1) is 16.9. The van der Waals surface area contributed by atoms with Crippen molar-refractivity contribution in [2.24, 2.45) is 5.92 Å². The first kappa shape index (κ1) is 26.7. The lowest BCUT2D eigenvalue weighted by Gasteiger charge is -2.33. The van der Waals surface area contributed by atoms with Gasteiger partial charge >= 0.3 is 0 Å². The lowest BCUT2D eigenvalue weighted by atomic mass is 9.85. The maximum Gasteiger partial charge on any atom is 0.293 e. The Morgan fingerprint density at radius 1 is 1.06 bits per heavy atom. The summed E-state index contributed by atoms with van der Waals surface area (Å²) in [6.07, 6.45) is 8.32. The van der Waals surface area contributed by atoms with Gasteiger partial charge in [-0.3, -0.25) is 9.59 Å². The number of amides is 1. The zero-order valence-electron chi connectivity index (χ0n) is 22.5. The molecule has 0 unspecified atom stereocenters. The molecule has 0 spiro atoms. The van der Waals surface area contributed by atoms with Crippen molar-refractivity contribution in [2.75, 3.05) is 0 Å². The van der Waals surface area contributed by atoms with Gasteiger partial charge < -0.3 is 10.1 Å². The predicted molar refractivity (Wildman–Crippen MR) is 142 cm³/mol. The number of hydrogen-bond donors (Lipinski definition) is 1. The van der Waals surface area contributed by atoms with Gasteiger partial charge in [0.15, 0.2) is 5.01 Å². The minimum atomic E-state index is -0.200. The molecule has 2 aromatic heterocycles. The highest BCUT2D eigenvalue weighted by molar-refractivity contribution is 7.17. The molecule has 0 saturated heterocycles. The molecule has 2 aromatic rings. The summed E-state index contributed by atoms with van der Waals surface area (Å²) in [5.74, 6) is 1.24. The van der Waals surface area contributed by atoms with Gasteiger partial charge in [-0.05, 0) is 18.4 Å². The first-order valence-electron chi connectivity index (χ1n) is 13.2. The van der Waals surface area contributed by atoms with E-state index in [1.807, 2.05) is 0 Å².